The van der Waals surface area contributed by atoms with Crippen molar-refractivity contribution >= 4 is 17.9 Å². The molecule has 0 amide bonds. The van der Waals surface area contributed by atoms with Gasteiger partial charge in [-0.3, -0.25) is 19.1 Å². The molecule has 2 fully saturated rings. The lowest BCUT2D eigenvalue weighted by Gasteiger charge is -2.40. The van der Waals surface area contributed by atoms with E-state index in [9.17, 15) is 19.5 Å². The summed E-state index contributed by atoms with van der Waals surface area (Å²) in [5.74, 6) is -3.84. The van der Waals surface area contributed by atoms with Crippen LogP contribution in [0.1, 0.15) is 27.7 Å². The normalized spacial score (nSPS) is 38.1. The van der Waals surface area contributed by atoms with Gasteiger partial charge in [0.25, 0.3) is 5.97 Å². The molecule has 0 aromatic heterocycles. The monoisotopic (exact) mass is 348 g/mol. The number of fused-ring (bicyclic) bond motifs is 1. The van der Waals surface area contributed by atoms with Crippen molar-refractivity contribution in [3.63, 3.8) is 0 Å². The van der Waals surface area contributed by atoms with E-state index < -0.39 is 54.6 Å². The van der Waals surface area contributed by atoms with Crippen LogP contribution in [0.25, 0.3) is 0 Å². The van der Waals surface area contributed by atoms with Gasteiger partial charge in [0.15, 0.2) is 24.6 Å². The molecule has 0 spiro atoms. The maximum absolute atomic E-state index is 11.4. The lowest BCUT2D eigenvalue weighted by atomic mass is 9.98. The topological polar surface area (TPSA) is 127 Å². The predicted octanol–water partition coefficient (Wildman–Crippen LogP) is -0.781. The largest absolute Gasteiger partial charge is 0.463 e. The molecule has 0 aliphatic carbocycles. The summed E-state index contributed by atoms with van der Waals surface area (Å²) in [6, 6.07) is 0. The SMILES string of the molecule is CC(=O)OC[C@H]1O[C@H]2O[C@](C)(O)O[C@H]2[C@@H](OC(C)=O)[C@@H]1OC(C)=O. The summed E-state index contributed by atoms with van der Waals surface area (Å²) in [4.78, 5) is 33.9. The van der Waals surface area contributed by atoms with Crippen molar-refractivity contribution in [1.82, 2.24) is 0 Å². The molecule has 6 atom stereocenters. The summed E-state index contributed by atoms with van der Waals surface area (Å²) in [6.07, 6.45) is -5.32. The minimum Gasteiger partial charge on any atom is -0.463 e. The third-order valence-corrected chi connectivity index (χ3v) is 3.34. The van der Waals surface area contributed by atoms with E-state index in [1.807, 2.05) is 0 Å². The van der Waals surface area contributed by atoms with E-state index in [4.69, 9.17) is 28.4 Å². The zero-order valence-electron chi connectivity index (χ0n) is 13.7. The maximum Gasteiger partial charge on any atom is 0.303 e. The van der Waals surface area contributed by atoms with Gasteiger partial charge < -0.3 is 28.8 Å². The number of carbonyl (C=O) groups excluding carboxylic acids is 3. The van der Waals surface area contributed by atoms with Crippen LogP contribution in [0.4, 0.5) is 0 Å². The van der Waals surface area contributed by atoms with Gasteiger partial charge in [-0.1, -0.05) is 0 Å². The fraction of sp³-hybridized carbons (Fsp3) is 0.786. The number of ether oxygens (including phenoxy) is 6. The summed E-state index contributed by atoms with van der Waals surface area (Å²) in [6.45, 7) is 4.52. The Morgan fingerprint density at radius 2 is 1.58 bits per heavy atom. The van der Waals surface area contributed by atoms with E-state index in [1.165, 1.54) is 27.7 Å². The number of hydrogen-bond acceptors (Lipinski definition) is 10. The van der Waals surface area contributed by atoms with E-state index in [-0.39, 0.29) is 6.61 Å². The van der Waals surface area contributed by atoms with Crippen molar-refractivity contribution in [3.8, 4) is 0 Å². The van der Waals surface area contributed by atoms with Gasteiger partial charge in [0.1, 0.15) is 12.7 Å². The van der Waals surface area contributed by atoms with Crippen LogP contribution >= 0.6 is 0 Å². The van der Waals surface area contributed by atoms with Crippen LogP contribution in [0.2, 0.25) is 0 Å². The molecule has 24 heavy (non-hydrogen) atoms. The molecule has 2 rings (SSSR count). The number of hydrogen-bond donors (Lipinski definition) is 1. The van der Waals surface area contributed by atoms with Gasteiger partial charge in [-0.25, -0.2) is 0 Å². The third-order valence-electron chi connectivity index (χ3n) is 3.34. The van der Waals surface area contributed by atoms with Crippen molar-refractivity contribution < 1.29 is 47.9 Å². The van der Waals surface area contributed by atoms with Crippen LogP contribution in [0, 0.1) is 0 Å². The average Bonchev–Trinajstić information content (AvgIpc) is 2.72. The highest BCUT2D eigenvalue weighted by molar-refractivity contribution is 5.67. The Kier molecular flexibility index (Phi) is 5.43. The van der Waals surface area contributed by atoms with Crippen molar-refractivity contribution in [2.75, 3.05) is 6.61 Å². The molecular formula is C14H20O10. The zero-order chi connectivity index (χ0) is 18.1. The highest BCUT2D eigenvalue weighted by Crippen LogP contribution is 2.37. The van der Waals surface area contributed by atoms with Crippen LogP contribution < -0.4 is 0 Å². The molecule has 0 aromatic rings. The first-order valence-corrected chi connectivity index (χ1v) is 7.30. The molecule has 136 valence electrons. The Morgan fingerprint density at radius 1 is 1.00 bits per heavy atom. The van der Waals surface area contributed by atoms with E-state index in [2.05, 4.69) is 0 Å². The van der Waals surface area contributed by atoms with Gasteiger partial charge >= 0.3 is 17.9 Å². The van der Waals surface area contributed by atoms with E-state index in [0.29, 0.717) is 0 Å². The molecule has 2 heterocycles. The number of rotatable bonds is 4. The Labute approximate surface area is 137 Å². The summed E-state index contributed by atoms with van der Waals surface area (Å²) < 4.78 is 31.3. The van der Waals surface area contributed by atoms with Crippen LogP contribution in [0.3, 0.4) is 0 Å². The first-order valence-electron chi connectivity index (χ1n) is 7.30. The molecule has 10 nitrogen and oxygen atoms in total. The van der Waals surface area contributed by atoms with Gasteiger partial charge in [0.05, 0.1) is 0 Å². The first-order chi connectivity index (χ1) is 11.1. The Balaban J connectivity index is 2.28. The van der Waals surface area contributed by atoms with Crippen LogP contribution in [0.15, 0.2) is 0 Å². The maximum atomic E-state index is 11.4. The fourth-order valence-corrected chi connectivity index (χ4v) is 2.59. The highest BCUT2D eigenvalue weighted by Gasteiger charge is 2.58. The molecule has 2 aliphatic heterocycles. The molecule has 0 radical (unpaired) electrons. The smallest absolute Gasteiger partial charge is 0.303 e. The van der Waals surface area contributed by atoms with Crippen molar-refractivity contribution in [3.05, 3.63) is 0 Å². The zero-order valence-corrected chi connectivity index (χ0v) is 13.7. The summed E-state index contributed by atoms with van der Waals surface area (Å²) in [5, 5.41) is 9.89. The fourth-order valence-electron chi connectivity index (χ4n) is 2.59. The molecule has 0 bridgehead atoms. The molecule has 2 aliphatic rings. The standard InChI is InChI=1S/C14H20O10/c1-6(15)19-5-9-10(20-7(2)16)11(21-8(3)17)12-13(22-9)24-14(4,18)23-12/h9-13,18H,5H2,1-4H3/t9-,10-,11+,12+,13+,14-/m1/s1. The highest BCUT2D eigenvalue weighted by atomic mass is 16.9. The molecule has 0 unspecified atom stereocenters. The Hall–Kier alpha value is -1.75. The van der Waals surface area contributed by atoms with Crippen molar-refractivity contribution in [1.29, 1.82) is 0 Å². The lowest BCUT2D eigenvalue weighted by Crippen LogP contribution is -2.60. The number of carbonyl (C=O) groups is 3. The third kappa shape index (κ3) is 4.41. The van der Waals surface area contributed by atoms with Crippen molar-refractivity contribution in [2.24, 2.45) is 0 Å². The molecule has 0 saturated carbocycles. The van der Waals surface area contributed by atoms with Crippen LogP contribution in [0.5, 0.6) is 0 Å². The van der Waals surface area contributed by atoms with Crippen LogP contribution in [-0.4, -0.2) is 66.3 Å². The average molecular weight is 348 g/mol. The molecule has 0 aromatic carbocycles. The van der Waals surface area contributed by atoms with Gasteiger partial charge in [0, 0.05) is 27.7 Å². The second-order valence-corrected chi connectivity index (χ2v) is 5.59. The Morgan fingerprint density at radius 3 is 2.12 bits per heavy atom. The van der Waals surface area contributed by atoms with Crippen molar-refractivity contribution in [2.45, 2.75) is 64.4 Å². The first kappa shape index (κ1) is 18.6. The molecular weight excluding hydrogens is 328 g/mol. The van der Waals surface area contributed by atoms with E-state index in [0.717, 1.165) is 0 Å². The van der Waals surface area contributed by atoms with E-state index >= 15 is 0 Å². The van der Waals surface area contributed by atoms with Gasteiger partial charge in [-0.2, -0.15) is 0 Å². The van der Waals surface area contributed by atoms with Crippen LogP contribution in [-0.2, 0) is 42.8 Å². The summed E-state index contributed by atoms with van der Waals surface area (Å²) in [7, 11) is 0. The number of aliphatic hydroxyl groups is 1. The minimum absolute atomic E-state index is 0.264. The predicted molar refractivity (Wildman–Crippen MR) is 73.0 cm³/mol. The second-order valence-electron chi connectivity index (χ2n) is 5.59. The number of esters is 3. The molecule has 2 saturated heterocycles. The molecule has 1 N–H and O–H groups in total. The molecule has 10 heteroatoms. The summed E-state index contributed by atoms with van der Waals surface area (Å²) in [5.41, 5.74) is 0. The quantitative estimate of drug-likeness (QED) is 0.510. The van der Waals surface area contributed by atoms with Gasteiger partial charge in [-0.05, 0) is 0 Å². The minimum atomic E-state index is -1.97. The lowest BCUT2D eigenvalue weighted by molar-refractivity contribution is -0.322. The van der Waals surface area contributed by atoms with Gasteiger partial charge in [0.2, 0.25) is 0 Å². The second kappa shape index (κ2) is 7.01. The van der Waals surface area contributed by atoms with E-state index in [1.54, 1.807) is 0 Å². The van der Waals surface area contributed by atoms with Gasteiger partial charge in [-0.15, -0.1) is 0 Å². The summed E-state index contributed by atoms with van der Waals surface area (Å²) >= 11 is 0. The Bertz CT molecular complexity index is 516.